The molecule has 0 aliphatic heterocycles. The normalized spacial score (nSPS) is 12.3. The molecule has 20 heavy (non-hydrogen) atoms. The van der Waals surface area contributed by atoms with Gasteiger partial charge in [-0.1, -0.05) is 27.2 Å². The maximum absolute atomic E-state index is 9.80. The summed E-state index contributed by atoms with van der Waals surface area (Å²) in [5.74, 6) is 1.81. The van der Waals surface area contributed by atoms with E-state index in [1.165, 1.54) is 0 Å². The Labute approximate surface area is 125 Å². The zero-order valence-electron chi connectivity index (χ0n) is 11.0. The molecule has 0 saturated carbocycles. The van der Waals surface area contributed by atoms with Crippen molar-refractivity contribution in [3.8, 4) is 5.75 Å². The lowest BCUT2D eigenvalue weighted by Crippen LogP contribution is -2.31. The quantitative estimate of drug-likeness (QED) is 0.797. The average molecular weight is 342 g/mol. The van der Waals surface area contributed by atoms with Gasteiger partial charge in [0.2, 0.25) is 5.89 Å². The smallest absolute Gasteiger partial charge is 0.240 e. The maximum atomic E-state index is 9.80. The molecule has 6 nitrogen and oxygen atoms in total. The van der Waals surface area contributed by atoms with E-state index in [2.05, 4.69) is 31.4 Å². The summed E-state index contributed by atoms with van der Waals surface area (Å²) < 4.78 is 11.4. The lowest BCUT2D eigenvalue weighted by atomic mass is 10.3. The lowest BCUT2D eigenvalue weighted by Gasteiger charge is -2.12. The highest BCUT2D eigenvalue weighted by Crippen LogP contribution is 2.17. The molecule has 108 valence electrons. The van der Waals surface area contributed by atoms with Crippen molar-refractivity contribution in [2.45, 2.75) is 19.6 Å². The van der Waals surface area contributed by atoms with Gasteiger partial charge in [0.15, 0.2) is 5.82 Å². The Morgan fingerprint density at radius 2 is 2.35 bits per heavy atom. The van der Waals surface area contributed by atoms with E-state index in [-0.39, 0.29) is 6.61 Å². The Balaban J connectivity index is 1.66. The monoisotopic (exact) mass is 341 g/mol. The van der Waals surface area contributed by atoms with Crippen molar-refractivity contribution in [2.24, 2.45) is 0 Å². The van der Waals surface area contributed by atoms with Crippen molar-refractivity contribution in [1.29, 1.82) is 0 Å². The van der Waals surface area contributed by atoms with Crippen LogP contribution in [0.25, 0.3) is 0 Å². The van der Waals surface area contributed by atoms with Crippen LogP contribution in [0.15, 0.2) is 33.3 Å². The van der Waals surface area contributed by atoms with E-state index in [1.54, 1.807) is 6.92 Å². The SMILES string of the molecule is Cc1noc(CNCC(O)COc2cccc(Br)c2)n1. The molecule has 0 spiro atoms. The number of nitrogens with one attached hydrogen (secondary N) is 1. The van der Waals surface area contributed by atoms with E-state index in [0.717, 1.165) is 4.47 Å². The lowest BCUT2D eigenvalue weighted by molar-refractivity contribution is 0.105. The number of aliphatic hydroxyl groups excluding tert-OH is 1. The summed E-state index contributed by atoms with van der Waals surface area (Å²) in [7, 11) is 0. The summed E-state index contributed by atoms with van der Waals surface area (Å²) in [6.07, 6.45) is -0.613. The fourth-order valence-electron chi connectivity index (χ4n) is 1.57. The number of nitrogens with zero attached hydrogens (tertiary/aromatic N) is 2. The molecule has 7 heteroatoms. The van der Waals surface area contributed by atoms with Crippen molar-refractivity contribution in [1.82, 2.24) is 15.5 Å². The summed E-state index contributed by atoms with van der Waals surface area (Å²) in [6, 6.07) is 7.48. The standard InChI is InChI=1S/C13H16BrN3O3/c1-9-16-13(20-17-9)7-15-6-11(18)8-19-12-4-2-3-10(14)5-12/h2-5,11,15,18H,6-8H2,1H3. The molecule has 2 rings (SSSR count). The molecule has 0 bridgehead atoms. The Bertz CT molecular complexity index is 547. The molecular weight excluding hydrogens is 326 g/mol. The van der Waals surface area contributed by atoms with Gasteiger partial charge in [0, 0.05) is 11.0 Å². The van der Waals surface area contributed by atoms with Crippen LogP contribution in [0, 0.1) is 6.92 Å². The molecule has 0 radical (unpaired) electrons. The Hall–Kier alpha value is -1.44. The molecule has 2 N–H and O–H groups in total. The molecule has 2 aromatic rings. The van der Waals surface area contributed by atoms with Crippen LogP contribution in [-0.4, -0.2) is 34.5 Å². The largest absolute Gasteiger partial charge is 0.491 e. The zero-order chi connectivity index (χ0) is 14.4. The third-order valence-electron chi connectivity index (χ3n) is 2.46. The van der Waals surface area contributed by atoms with Gasteiger partial charge in [0.1, 0.15) is 18.5 Å². The number of aromatic nitrogens is 2. The van der Waals surface area contributed by atoms with Gasteiger partial charge in [-0.05, 0) is 25.1 Å². The van der Waals surface area contributed by atoms with Crippen molar-refractivity contribution in [3.63, 3.8) is 0 Å². The van der Waals surface area contributed by atoms with E-state index in [1.807, 2.05) is 24.3 Å². The van der Waals surface area contributed by atoms with Gasteiger partial charge in [0.05, 0.1) is 6.54 Å². The Morgan fingerprint density at radius 3 is 3.05 bits per heavy atom. The van der Waals surface area contributed by atoms with Gasteiger partial charge in [-0.3, -0.25) is 0 Å². The second kappa shape index (κ2) is 7.37. The first-order valence-corrected chi connectivity index (χ1v) is 6.99. The first-order valence-electron chi connectivity index (χ1n) is 6.20. The summed E-state index contributed by atoms with van der Waals surface area (Å²) in [6.45, 7) is 2.78. The highest BCUT2D eigenvalue weighted by molar-refractivity contribution is 9.10. The first-order chi connectivity index (χ1) is 9.63. The number of aryl methyl sites for hydroxylation is 1. The fourth-order valence-corrected chi connectivity index (χ4v) is 1.94. The third kappa shape index (κ3) is 4.92. The second-order valence-corrected chi connectivity index (χ2v) is 5.20. The summed E-state index contributed by atoms with van der Waals surface area (Å²) in [4.78, 5) is 4.05. The van der Waals surface area contributed by atoms with Crippen molar-refractivity contribution in [2.75, 3.05) is 13.2 Å². The molecule has 0 saturated heterocycles. The molecule has 1 atom stereocenters. The minimum Gasteiger partial charge on any atom is -0.491 e. The van der Waals surface area contributed by atoms with Crippen LogP contribution < -0.4 is 10.1 Å². The molecule has 1 aromatic carbocycles. The molecule has 1 unspecified atom stereocenters. The van der Waals surface area contributed by atoms with Crippen molar-refractivity contribution in [3.05, 3.63) is 40.5 Å². The predicted molar refractivity (Wildman–Crippen MR) is 76.4 cm³/mol. The van der Waals surface area contributed by atoms with E-state index < -0.39 is 6.10 Å². The summed E-state index contributed by atoms with van der Waals surface area (Å²) in [5, 5.41) is 16.5. The van der Waals surface area contributed by atoms with Gasteiger partial charge in [0.25, 0.3) is 0 Å². The van der Waals surface area contributed by atoms with Crippen LogP contribution in [-0.2, 0) is 6.54 Å². The number of halogens is 1. The number of ether oxygens (including phenoxy) is 1. The van der Waals surface area contributed by atoms with Crippen molar-refractivity contribution < 1.29 is 14.4 Å². The zero-order valence-corrected chi connectivity index (χ0v) is 12.6. The Kier molecular flexibility index (Phi) is 5.51. The van der Waals surface area contributed by atoms with Crippen LogP contribution >= 0.6 is 15.9 Å². The number of rotatable bonds is 7. The first kappa shape index (κ1) is 15.0. The third-order valence-corrected chi connectivity index (χ3v) is 2.96. The molecule has 0 aliphatic carbocycles. The van der Waals surface area contributed by atoms with Crippen LogP contribution in [0.4, 0.5) is 0 Å². The van der Waals surface area contributed by atoms with Crippen LogP contribution in [0.5, 0.6) is 5.75 Å². The van der Waals surface area contributed by atoms with E-state index >= 15 is 0 Å². The molecule has 1 aromatic heterocycles. The topological polar surface area (TPSA) is 80.4 Å². The van der Waals surface area contributed by atoms with Gasteiger partial charge in [-0.2, -0.15) is 4.98 Å². The molecule has 0 fully saturated rings. The summed E-state index contributed by atoms with van der Waals surface area (Å²) in [5.41, 5.74) is 0. The number of benzene rings is 1. The summed E-state index contributed by atoms with van der Waals surface area (Å²) >= 11 is 3.36. The molecular formula is C13H16BrN3O3. The van der Waals surface area contributed by atoms with Gasteiger partial charge < -0.3 is 19.7 Å². The number of hydrogen-bond acceptors (Lipinski definition) is 6. The van der Waals surface area contributed by atoms with E-state index in [9.17, 15) is 5.11 Å². The van der Waals surface area contributed by atoms with Crippen LogP contribution in [0.2, 0.25) is 0 Å². The van der Waals surface area contributed by atoms with E-state index in [4.69, 9.17) is 9.26 Å². The van der Waals surface area contributed by atoms with Crippen LogP contribution in [0.1, 0.15) is 11.7 Å². The van der Waals surface area contributed by atoms with Gasteiger partial charge in [-0.25, -0.2) is 0 Å². The van der Waals surface area contributed by atoms with Gasteiger partial charge >= 0.3 is 0 Å². The van der Waals surface area contributed by atoms with Gasteiger partial charge in [-0.15, -0.1) is 0 Å². The number of aliphatic hydroxyl groups is 1. The Morgan fingerprint density at radius 1 is 1.50 bits per heavy atom. The highest BCUT2D eigenvalue weighted by Gasteiger charge is 2.07. The molecule has 1 heterocycles. The average Bonchev–Trinajstić information content (AvgIpc) is 2.82. The predicted octanol–water partition coefficient (Wildman–Crippen LogP) is 1.67. The minimum absolute atomic E-state index is 0.215. The minimum atomic E-state index is -0.613. The molecule has 0 aliphatic rings. The van der Waals surface area contributed by atoms with Crippen molar-refractivity contribution >= 4 is 15.9 Å². The highest BCUT2D eigenvalue weighted by atomic mass is 79.9. The second-order valence-electron chi connectivity index (χ2n) is 4.29. The van der Waals surface area contributed by atoms with Crippen LogP contribution in [0.3, 0.4) is 0 Å². The molecule has 0 amide bonds. The van der Waals surface area contributed by atoms with E-state index in [0.29, 0.717) is 30.6 Å². The maximum Gasteiger partial charge on any atom is 0.240 e. The number of hydrogen-bond donors (Lipinski definition) is 2. The fraction of sp³-hybridized carbons (Fsp3) is 0.385.